The molecule has 2 N–H and O–H groups in total. The Hall–Kier alpha value is -4.81. The normalized spacial score (nSPS) is 14.0. The van der Waals surface area contributed by atoms with Crippen LogP contribution in [0.15, 0.2) is 82.6 Å². The lowest BCUT2D eigenvalue weighted by molar-refractivity contribution is 0.0702. The largest absolute Gasteiger partial charge is 0.493 e. The molecule has 0 saturated heterocycles. The summed E-state index contributed by atoms with van der Waals surface area (Å²) in [4.78, 5) is 13.2. The molecule has 0 saturated carbocycles. The maximum Gasteiger partial charge on any atom is 0.379 e. The predicted molar refractivity (Wildman–Crippen MR) is 175 cm³/mol. The summed E-state index contributed by atoms with van der Waals surface area (Å²) in [6.45, 7) is 3.80. The van der Waals surface area contributed by atoms with Gasteiger partial charge in [0, 0.05) is 43.2 Å². The smallest absolute Gasteiger partial charge is 0.379 e. The Balaban J connectivity index is 1.28. The van der Waals surface area contributed by atoms with Crippen LogP contribution in [0.2, 0.25) is 15.1 Å². The maximum absolute atomic E-state index is 13.2. The van der Waals surface area contributed by atoms with Crippen LogP contribution in [-0.2, 0) is 6.61 Å². The number of nitrogens with two attached hydrogens (primary N) is 1. The molecular weight excluding hydrogens is 651 g/mol. The molecule has 5 aromatic rings. The molecule has 8 nitrogen and oxygen atoms in total. The van der Waals surface area contributed by atoms with E-state index in [2.05, 4.69) is 6.07 Å². The summed E-state index contributed by atoms with van der Waals surface area (Å²) < 4.78 is 29.0. The van der Waals surface area contributed by atoms with Crippen LogP contribution in [0.4, 0.5) is 0 Å². The molecule has 0 fully saturated rings. The van der Waals surface area contributed by atoms with E-state index in [4.69, 9.17) is 63.9 Å². The highest BCUT2D eigenvalue weighted by Gasteiger charge is 2.32. The first-order valence-electron chi connectivity index (χ1n) is 14.0. The number of halogens is 3. The number of fused-ring (bicyclic) bond motifs is 2. The maximum atomic E-state index is 13.2. The van der Waals surface area contributed by atoms with Crippen molar-refractivity contribution in [3.05, 3.63) is 127 Å². The summed E-state index contributed by atoms with van der Waals surface area (Å²) >= 11 is 18.6. The third kappa shape index (κ3) is 5.81. The molecule has 0 aliphatic carbocycles. The fourth-order valence-electron chi connectivity index (χ4n) is 5.31. The monoisotopic (exact) mass is 674 g/mol. The van der Waals surface area contributed by atoms with Gasteiger partial charge in [-0.1, -0.05) is 53.0 Å². The van der Waals surface area contributed by atoms with E-state index in [1.54, 1.807) is 67.6 Å². The van der Waals surface area contributed by atoms with E-state index in [0.29, 0.717) is 54.6 Å². The third-order valence-corrected chi connectivity index (χ3v) is 8.72. The third-order valence-electron chi connectivity index (χ3n) is 7.72. The molecule has 46 heavy (non-hydrogen) atoms. The number of carbonyl (C=O) groups excluding carboxylic acids is 1. The summed E-state index contributed by atoms with van der Waals surface area (Å²) in [6, 6.07) is 21.1. The van der Waals surface area contributed by atoms with Gasteiger partial charge in [0.05, 0.1) is 13.0 Å². The minimum atomic E-state index is -0.684. The van der Waals surface area contributed by atoms with Crippen LogP contribution in [0, 0.1) is 25.2 Å². The first-order chi connectivity index (χ1) is 22.1. The number of hydrogen-bond donors (Lipinski definition) is 1. The molecule has 4 aromatic carbocycles. The van der Waals surface area contributed by atoms with Crippen molar-refractivity contribution in [1.29, 1.82) is 5.26 Å². The van der Waals surface area contributed by atoms with Gasteiger partial charge in [0.1, 0.15) is 35.3 Å². The standard InChI is InChI=1S/C35H25Cl3N2O6/c1-17-10-29-24(14-26(17)37)18(2)33(45-29)35(41)44-22-7-8-23-30(13-22)46-34(40)25(15-39)32(23)19-5-9-28(31(11-19)42-3)43-16-20-4-6-21(36)12-27(20)38/h4-14,32H,16,40H2,1-3H3. The molecule has 1 aromatic heterocycles. The number of aryl methyl sites for hydroxylation is 2. The first kappa shape index (κ1) is 31.2. The highest BCUT2D eigenvalue weighted by atomic mass is 35.5. The number of benzene rings is 4. The Morgan fingerprint density at radius 2 is 1.78 bits per heavy atom. The molecule has 1 atom stereocenters. The highest BCUT2D eigenvalue weighted by Crippen LogP contribution is 2.45. The number of methoxy groups -OCH3 is 1. The van der Waals surface area contributed by atoms with Gasteiger partial charge >= 0.3 is 5.97 Å². The van der Waals surface area contributed by atoms with E-state index >= 15 is 0 Å². The van der Waals surface area contributed by atoms with Crippen molar-refractivity contribution in [2.24, 2.45) is 5.73 Å². The Kier molecular flexibility index (Phi) is 8.49. The van der Waals surface area contributed by atoms with E-state index in [0.717, 1.165) is 16.5 Å². The van der Waals surface area contributed by atoms with Gasteiger partial charge in [-0.3, -0.25) is 0 Å². The van der Waals surface area contributed by atoms with Gasteiger partial charge in [-0.15, -0.1) is 0 Å². The molecule has 232 valence electrons. The average Bonchev–Trinajstić information content (AvgIpc) is 3.34. The summed E-state index contributed by atoms with van der Waals surface area (Å²) in [5.41, 5.74) is 10.5. The molecule has 11 heteroatoms. The second-order valence-corrected chi connectivity index (χ2v) is 11.9. The Labute approximate surface area is 279 Å². The lowest BCUT2D eigenvalue weighted by atomic mass is 9.83. The van der Waals surface area contributed by atoms with Crippen LogP contribution >= 0.6 is 34.8 Å². The molecule has 6 rings (SSSR count). The highest BCUT2D eigenvalue weighted by molar-refractivity contribution is 6.35. The average molecular weight is 676 g/mol. The minimum absolute atomic E-state index is 0.0621. The number of nitrogens with zero attached hydrogens (tertiary/aromatic N) is 1. The minimum Gasteiger partial charge on any atom is -0.493 e. The zero-order valence-corrected chi connectivity index (χ0v) is 27.0. The van der Waals surface area contributed by atoms with E-state index in [9.17, 15) is 10.1 Å². The molecule has 0 amide bonds. The van der Waals surface area contributed by atoms with Crippen LogP contribution in [0.5, 0.6) is 23.0 Å². The molecule has 0 radical (unpaired) electrons. The van der Waals surface area contributed by atoms with Crippen LogP contribution in [0.25, 0.3) is 11.0 Å². The van der Waals surface area contributed by atoms with E-state index in [1.807, 2.05) is 13.0 Å². The topological polar surface area (TPSA) is 117 Å². The van der Waals surface area contributed by atoms with E-state index < -0.39 is 11.9 Å². The first-order valence-corrected chi connectivity index (χ1v) is 15.1. The second-order valence-electron chi connectivity index (χ2n) is 10.6. The molecular formula is C35H25Cl3N2O6. The van der Waals surface area contributed by atoms with Gasteiger partial charge in [-0.25, -0.2) is 4.79 Å². The number of esters is 1. The summed E-state index contributed by atoms with van der Waals surface area (Å²) in [6.07, 6.45) is 0. The van der Waals surface area contributed by atoms with Crippen LogP contribution in [0.3, 0.4) is 0 Å². The van der Waals surface area contributed by atoms with Crippen molar-refractivity contribution in [2.45, 2.75) is 26.4 Å². The fraction of sp³-hybridized carbons (Fsp3) is 0.143. The number of allylic oxidation sites excluding steroid dienone is 1. The van der Waals surface area contributed by atoms with Crippen molar-refractivity contribution in [1.82, 2.24) is 0 Å². The van der Waals surface area contributed by atoms with Gasteiger partial charge in [-0.2, -0.15) is 5.26 Å². The Morgan fingerprint density at radius 1 is 0.978 bits per heavy atom. The van der Waals surface area contributed by atoms with Crippen molar-refractivity contribution >= 4 is 51.7 Å². The lowest BCUT2D eigenvalue weighted by Crippen LogP contribution is -2.21. The number of rotatable bonds is 7. The molecule has 0 spiro atoms. The molecule has 1 aliphatic rings. The molecule has 2 heterocycles. The van der Waals surface area contributed by atoms with Gasteiger partial charge < -0.3 is 29.1 Å². The van der Waals surface area contributed by atoms with Gasteiger partial charge in [0.25, 0.3) is 0 Å². The number of hydrogen-bond acceptors (Lipinski definition) is 8. The van der Waals surface area contributed by atoms with Crippen molar-refractivity contribution in [3.63, 3.8) is 0 Å². The zero-order chi connectivity index (χ0) is 32.7. The molecule has 0 bridgehead atoms. The SMILES string of the molecule is COc1cc(C2C(C#N)=C(N)Oc3cc(OC(=O)c4oc5cc(C)c(Cl)cc5c4C)ccc32)ccc1OCc1ccc(Cl)cc1Cl. The van der Waals surface area contributed by atoms with E-state index in [1.165, 1.54) is 7.11 Å². The Bertz CT molecular complexity index is 2110. The quantitative estimate of drug-likeness (QED) is 0.134. The van der Waals surface area contributed by atoms with Gasteiger partial charge in [0.2, 0.25) is 11.6 Å². The number of nitriles is 1. The number of ether oxygens (including phenoxy) is 4. The summed E-state index contributed by atoms with van der Waals surface area (Å²) in [5, 5.41) is 12.4. The number of furan rings is 1. The van der Waals surface area contributed by atoms with Gasteiger partial charge in [-0.05, 0) is 67.4 Å². The van der Waals surface area contributed by atoms with Crippen molar-refractivity contribution < 1.29 is 28.2 Å². The molecule has 1 aliphatic heterocycles. The van der Waals surface area contributed by atoms with Crippen LogP contribution in [-0.4, -0.2) is 13.1 Å². The summed E-state index contributed by atoms with van der Waals surface area (Å²) in [7, 11) is 1.52. The van der Waals surface area contributed by atoms with Gasteiger partial charge in [0.15, 0.2) is 11.5 Å². The van der Waals surface area contributed by atoms with Crippen LogP contribution in [0.1, 0.15) is 44.3 Å². The second kappa shape index (κ2) is 12.5. The Morgan fingerprint density at radius 3 is 2.52 bits per heavy atom. The van der Waals surface area contributed by atoms with E-state index in [-0.39, 0.29) is 29.6 Å². The van der Waals surface area contributed by atoms with Crippen molar-refractivity contribution in [3.8, 4) is 29.1 Å². The number of carbonyl (C=O) groups is 1. The predicted octanol–water partition coefficient (Wildman–Crippen LogP) is 9.03. The fourth-order valence-corrected chi connectivity index (χ4v) is 5.94. The molecule has 1 unspecified atom stereocenters. The lowest BCUT2D eigenvalue weighted by Gasteiger charge is -2.27. The van der Waals surface area contributed by atoms with Crippen LogP contribution < -0.4 is 24.7 Å². The zero-order valence-electron chi connectivity index (χ0n) is 24.7. The van der Waals surface area contributed by atoms with Crippen molar-refractivity contribution in [2.75, 3.05) is 7.11 Å². The summed E-state index contributed by atoms with van der Waals surface area (Å²) in [5.74, 6) is 0.149.